The van der Waals surface area contributed by atoms with Crippen molar-refractivity contribution in [1.29, 1.82) is 0 Å². The third kappa shape index (κ3) is 3.86. The van der Waals surface area contributed by atoms with Crippen LogP contribution in [-0.4, -0.2) is 42.6 Å². The van der Waals surface area contributed by atoms with E-state index >= 15 is 0 Å². The number of aromatic nitrogens is 6. The Bertz CT molecular complexity index is 721. The Morgan fingerprint density at radius 3 is 2.71 bits per heavy atom. The molecule has 2 atom stereocenters. The van der Waals surface area contributed by atoms with Gasteiger partial charge in [-0.2, -0.15) is 9.78 Å². The van der Waals surface area contributed by atoms with Gasteiger partial charge in [0.1, 0.15) is 0 Å². The van der Waals surface area contributed by atoms with E-state index in [-0.39, 0.29) is 0 Å². The van der Waals surface area contributed by atoms with Crippen LogP contribution in [0.4, 0.5) is 0 Å². The summed E-state index contributed by atoms with van der Waals surface area (Å²) in [5.41, 5.74) is 0.992. The molecular formula is C17H23N7. The van der Waals surface area contributed by atoms with Crippen LogP contribution in [0.2, 0.25) is 0 Å². The molecule has 24 heavy (non-hydrogen) atoms. The molecular weight excluding hydrogens is 302 g/mol. The number of nitrogens with one attached hydrogen (secondary N) is 1. The van der Waals surface area contributed by atoms with E-state index in [0.717, 1.165) is 30.9 Å². The van der Waals surface area contributed by atoms with Crippen molar-refractivity contribution in [1.82, 2.24) is 35.3 Å². The zero-order valence-corrected chi connectivity index (χ0v) is 14.1. The van der Waals surface area contributed by atoms with Crippen molar-refractivity contribution < 1.29 is 0 Å². The summed E-state index contributed by atoms with van der Waals surface area (Å²) in [6.07, 6.45) is 5.62. The van der Waals surface area contributed by atoms with E-state index in [9.17, 15) is 0 Å². The first-order valence-electron chi connectivity index (χ1n) is 8.31. The Labute approximate surface area is 141 Å². The number of rotatable bonds is 8. The molecule has 3 aromatic rings. The van der Waals surface area contributed by atoms with Gasteiger partial charge in [0.2, 0.25) is 0 Å². The summed E-state index contributed by atoms with van der Waals surface area (Å²) in [6, 6.07) is 12.6. The van der Waals surface area contributed by atoms with Crippen LogP contribution in [0.15, 0.2) is 48.8 Å². The maximum Gasteiger partial charge on any atom is 0.156 e. The van der Waals surface area contributed by atoms with Crippen LogP contribution in [0.25, 0.3) is 5.69 Å². The van der Waals surface area contributed by atoms with Crippen LogP contribution in [0.1, 0.15) is 32.1 Å². The monoisotopic (exact) mass is 325 g/mol. The molecule has 7 heteroatoms. The number of para-hydroxylation sites is 1. The van der Waals surface area contributed by atoms with E-state index in [4.69, 9.17) is 0 Å². The minimum absolute atomic E-state index is 0.314. The third-order valence-corrected chi connectivity index (χ3v) is 4.24. The van der Waals surface area contributed by atoms with Gasteiger partial charge in [0.15, 0.2) is 5.82 Å². The summed E-state index contributed by atoms with van der Waals surface area (Å²) in [7, 11) is 0. The predicted molar refractivity (Wildman–Crippen MR) is 91.9 cm³/mol. The molecule has 0 bridgehead atoms. The van der Waals surface area contributed by atoms with E-state index < -0.39 is 0 Å². The fourth-order valence-corrected chi connectivity index (χ4v) is 2.63. The van der Waals surface area contributed by atoms with Crippen molar-refractivity contribution in [2.24, 2.45) is 0 Å². The molecule has 2 aromatic heterocycles. The van der Waals surface area contributed by atoms with Crippen LogP contribution in [0, 0.1) is 0 Å². The topological polar surface area (TPSA) is 73.5 Å². The van der Waals surface area contributed by atoms with Crippen LogP contribution < -0.4 is 5.32 Å². The van der Waals surface area contributed by atoms with Gasteiger partial charge < -0.3 is 5.32 Å². The lowest BCUT2D eigenvalue weighted by atomic mass is 10.1. The molecule has 1 N–H and O–H groups in total. The molecule has 0 saturated carbocycles. The van der Waals surface area contributed by atoms with E-state index in [1.54, 1.807) is 4.68 Å². The summed E-state index contributed by atoms with van der Waals surface area (Å²) in [6.45, 7) is 5.26. The molecule has 0 amide bonds. The van der Waals surface area contributed by atoms with Gasteiger partial charge in [0, 0.05) is 24.9 Å². The molecule has 0 aliphatic heterocycles. The van der Waals surface area contributed by atoms with E-state index in [0.29, 0.717) is 12.1 Å². The lowest BCUT2D eigenvalue weighted by molar-refractivity contribution is 0.364. The molecule has 0 saturated heterocycles. The first kappa shape index (κ1) is 16.3. The molecule has 0 aliphatic carbocycles. The largest absolute Gasteiger partial charge is 0.312 e. The lowest BCUT2D eigenvalue weighted by Crippen LogP contribution is -2.34. The van der Waals surface area contributed by atoms with E-state index in [1.807, 2.05) is 53.5 Å². The van der Waals surface area contributed by atoms with Crippen molar-refractivity contribution >= 4 is 0 Å². The number of hydrogen-bond donors (Lipinski definition) is 1. The average molecular weight is 325 g/mol. The van der Waals surface area contributed by atoms with Crippen molar-refractivity contribution in [2.45, 2.75) is 38.8 Å². The Balaban J connectivity index is 1.48. The number of tetrazole rings is 1. The van der Waals surface area contributed by atoms with Gasteiger partial charge in [0.05, 0.1) is 11.7 Å². The third-order valence-electron chi connectivity index (χ3n) is 4.24. The second-order valence-electron chi connectivity index (χ2n) is 5.92. The molecule has 0 aliphatic rings. The van der Waals surface area contributed by atoms with Crippen LogP contribution >= 0.6 is 0 Å². The maximum atomic E-state index is 4.30. The lowest BCUT2D eigenvalue weighted by Gasteiger charge is -2.21. The number of benzene rings is 1. The molecule has 0 unspecified atom stereocenters. The first-order valence-corrected chi connectivity index (χ1v) is 8.31. The molecule has 126 valence electrons. The smallest absolute Gasteiger partial charge is 0.156 e. The highest BCUT2D eigenvalue weighted by Crippen LogP contribution is 2.10. The molecule has 2 heterocycles. The fraction of sp³-hybridized carbons (Fsp3) is 0.412. The minimum atomic E-state index is 0.314. The summed E-state index contributed by atoms with van der Waals surface area (Å²) in [5.74, 6) is 0.885. The maximum absolute atomic E-state index is 4.30. The number of nitrogens with zero attached hydrogens (tertiary/aromatic N) is 6. The Morgan fingerprint density at radius 1 is 1.12 bits per heavy atom. The number of hydrogen-bond acceptors (Lipinski definition) is 5. The summed E-state index contributed by atoms with van der Waals surface area (Å²) in [4.78, 5) is 0. The predicted octanol–water partition coefficient (Wildman–Crippen LogP) is 2.03. The second kappa shape index (κ2) is 7.83. The molecule has 1 aromatic carbocycles. The van der Waals surface area contributed by atoms with Gasteiger partial charge in [-0.3, -0.25) is 4.68 Å². The van der Waals surface area contributed by atoms with Crippen molar-refractivity contribution in [3.63, 3.8) is 0 Å². The summed E-state index contributed by atoms with van der Waals surface area (Å²) >= 11 is 0. The Hall–Kier alpha value is -2.54. The highest BCUT2D eigenvalue weighted by atomic mass is 15.5. The SMILES string of the molecule is C[C@H](NCCCc1nnnn1-c1ccccc1)[C@@H](C)n1cccn1. The molecule has 7 nitrogen and oxygen atoms in total. The van der Waals surface area contributed by atoms with Gasteiger partial charge in [-0.15, -0.1) is 5.10 Å². The molecule has 0 fully saturated rings. The standard InChI is InChI=1S/C17H23N7/c1-14(15(2)23-13-7-12-19-23)18-11-6-10-17-20-21-22-24(17)16-8-4-3-5-9-16/h3-5,7-9,12-15,18H,6,10-11H2,1-2H3/t14-,15+/m0/s1. The highest BCUT2D eigenvalue weighted by molar-refractivity contribution is 5.30. The van der Waals surface area contributed by atoms with Gasteiger partial charge in [-0.05, 0) is 55.4 Å². The molecule has 0 spiro atoms. The second-order valence-corrected chi connectivity index (χ2v) is 5.92. The quantitative estimate of drug-likeness (QED) is 0.642. The van der Waals surface area contributed by atoms with Crippen molar-refractivity contribution in [3.8, 4) is 5.69 Å². The molecule has 3 rings (SSSR count). The summed E-state index contributed by atoms with van der Waals surface area (Å²) in [5, 5.41) is 19.9. The van der Waals surface area contributed by atoms with Gasteiger partial charge >= 0.3 is 0 Å². The number of aryl methyl sites for hydroxylation is 1. The first-order chi connectivity index (χ1) is 11.8. The van der Waals surface area contributed by atoms with Crippen LogP contribution in [0.3, 0.4) is 0 Å². The Morgan fingerprint density at radius 2 is 1.96 bits per heavy atom. The van der Waals surface area contributed by atoms with Crippen molar-refractivity contribution in [2.75, 3.05) is 6.54 Å². The molecule has 0 radical (unpaired) electrons. The zero-order chi connectivity index (χ0) is 16.8. The zero-order valence-electron chi connectivity index (χ0n) is 14.1. The van der Waals surface area contributed by atoms with Crippen molar-refractivity contribution in [3.05, 3.63) is 54.6 Å². The summed E-state index contributed by atoms with van der Waals surface area (Å²) < 4.78 is 3.78. The van der Waals surface area contributed by atoms with Crippen LogP contribution in [0.5, 0.6) is 0 Å². The normalized spacial score (nSPS) is 13.8. The van der Waals surface area contributed by atoms with E-state index in [2.05, 4.69) is 39.8 Å². The minimum Gasteiger partial charge on any atom is -0.312 e. The van der Waals surface area contributed by atoms with E-state index in [1.165, 1.54) is 0 Å². The fourth-order valence-electron chi connectivity index (χ4n) is 2.63. The highest BCUT2D eigenvalue weighted by Gasteiger charge is 2.13. The average Bonchev–Trinajstić information content (AvgIpc) is 3.30. The Kier molecular flexibility index (Phi) is 5.32. The van der Waals surface area contributed by atoms with Gasteiger partial charge in [0.25, 0.3) is 0 Å². The van der Waals surface area contributed by atoms with Crippen LogP contribution in [-0.2, 0) is 6.42 Å². The van der Waals surface area contributed by atoms with Gasteiger partial charge in [-0.1, -0.05) is 18.2 Å². The van der Waals surface area contributed by atoms with Gasteiger partial charge in [-0.25, -0.2) is 0 Å².